The quantitative estimate of drug-likeness (QED) is 0.0321. The molecule has 0 saturated carbocycles. The molecule has 0 fully saturated rings. The van der Waals surface area contributed by atoms with Crippen LogP contribution < -0.4 is 5.32 Å². The standard InChI is InChI=1S/C57H105NO5/c1-3-5-7-9-11-13-15-17-22-25-29-33-37-41-45-49-55(60)54(53-59)58-56(61)50-46-42-38-34-30-26-23-20-19-21-24-28-32-36-40-44-48-52-63-57(62)51-47-43-39-35-31-27-18-16-14-12-10-8-6-4-2/h16,18-19,21,28,32,45,49,54-55,59-60H,3-15,17,20,22-27,29-31,33-44,46-48,50-53H2,1-2H3,(H,58,61)/b18-16-,21-19-,32-28-,49-45+. The summed E-state index contributed by atoms with van der Waals surface area (Å²) in [6, 6.07) is -0.640. The highest BCUT2D eigenvalue weighted by Crippen LogP contribution is 2.15. The van der Waals surface area contributed by atoms with Crippen LogP contribution in [0.5, 0.6) is 0 Å². The van der Waals surface area contributed by atoms with Gasteiger partial charge in [-0.15, -0.1) is 0 Å². The van der Waals surface area contributed by atoms with Gasteiger partial charge in [0.2, 0.25) is 5.91 Å². The summed E-state index contributed by atoms with van der Waals surface area (Å²) in [5, 5.41) is 23.1. The maximum absolute atomic E-state index is 12.4. The predicted octanol–water partition coefficient (Wildman–Crippen LogP) is 16.6. The molecule has 63 heavy (non-hydrogen) atoms. The van der Waals surface area contributed by atoms with E-state index in [4.69, 9.17) is 4.74 Å². The molecule has 3 N–H and O–H groups in total. The first-order chi connectivity index (χ1) is 31.0. The highest BCUT2D eigenvalue weighted by molar-refractivity contribution is 5.76. The van der Waals surface area contributed by atoms with Gasteiger partial charge in [-0.05, 0) is 96.3 Å². The molecule has 2 atom stereocenters. The lowest BCUT2D eigenvalue weighted by Crippen LogP contribution is -2.45. The molecule has 0 aliphatic rings. The van der Waals surface area contributed by atoms with Crippen LogP contribution in [-0.2, 0) is 14.3 Å². The van der Waals surface area contributed by atoms with E-state index in [1.807, 2.05) is 6.08 Å². The van der Waals surface area contributed by atoms with E-state index in [-0.39, 0.29) is 18.5 Å². The van der Waals surface area contributed by atoms with Crippen LogP contribution in [-0.4, -0.2) is 47.4 Å². The molecule has 0 aliphatic carbocycles. The van der Waals surface area contributed by atoms with Crippen molar-refractivity contribution in [2.75, 3.05) is 13.2 Å². The van der Waals surface area contributed by atoms with E-state index in [1.54, 1.807) is 6.08 Å². The Bertz CT molecular complexity index is 1070. The minimum absolute atomic E-state index is 0.0256. The minimum Gasteiger partial charge on any atom is -0.466 e. The third-order valence-electron chi connectivity index (χ3n) is 12.3. The van der Waals surface area contributed by atoms with E-state index in [1.165, 1.54) is 167 Å². The molecule has 6 nitrogen and oxygen atoms in total. The lowest BCUT2D eigenvalue weighted by Gasteiger charge is -2.20. The van der Waals surface area contributed by atoms with E-state index in [0.29, 0.717) is 19.4 Å². The van der Waals surface area contributed by atoms with Crippen LogP contribution in [0.15, 0.2) is 48.6 Å². The van der Waals surface area contributed by atoms with Gasteiger partial charge >= 0.3 is 5.97 Å². The Morgan fingerprint density at radius 2 is 0.794 bits per heavy atom. The van der Waals surface area contributed by atoms with Gasteiger partial charge in [0, 0.05) is 12.8 Å². The normalized spacial score (nSPS) is 13.0. The molecule has 0 heterocycles. The number of carbonyl (C=O) groups is 2. The first kappa shape index (κ1) is 60.8. The molecule has 0 rings (SSSR count). The molecule has 0 bridgehead atoms. The summed E-state index contributed by atoms with van der Waals surface area (Å²) in [4.78, 5) is 24.4. The fraction of sp³-hybridized carbons (Fsp3) is 0.825. The Labute approximate surface area is 391 Å². The van der Waals surface area contributed by atoms with E-state index >= 15 is 0 Å². The predicted molar refractivity (Wildman–Crippen MR) is 273 cm³/mol. The van der Waals surface area contributed by atoms with Gasteiger partial charge in [-0.25, -0.2) is 0 Å². The van der Waals surface area contributed by atoms with Crippen LogP contribution in [0.25, 0.3) is 0 Å². The molecule has 2 unspecified atom stereocenters. The van der Waals surface area contributed by atoms with E-state index in [0.717, 1.165) is 83.5 Å². The zero-order valence-electron chi connectivity index (χ0n) is 41.8. The Morgan fingerprint density at radius 1 is 0.444 bits per heavy atom. The number of carbonyl (C=O) groups excluding carboxylic acids is 2. The second kappa shape index (κ2) is 52.4. The van der Waals surface area contributed by atoms with Crippen molar-refractivity contribution in [2.24, 2.45) is 0 Å². The monoisotopic (exact) mass is 884 g/mol. The molecule has 6 heteroatoms. The van der Waals surface area contributed by atoms with Gasteiger partial charge in [-0.3, -0.25) is 9.59 Å². The van der Waals surface area contributed by atoms with E-state index < -0.39 is 12.1 Å². The fourth-order valence-corrected chi connectivity index (χ4v) is 8.07. The second-order valence-electron chi connectivity index (χ2n) is 18.5. The number of aliphatic hydroxyl groups excluding tert-OH is 2. The van der Waals surface area contributed by atoms with Crippen molar-refractivity contribution in [2.45, 2.75) is 289 Å². The van der Waals surface area contributed by atoms with Gasteiger partial charge in [0.15, 0.2) is 0 Å². The van der Waals surface area contributed by atoms with Crippen LogP contribution in [0, 0.1) is 0 Å². The highest BCUT2D eigenvalue weighted by atomic mass is 16.5. The van der Waals surface area contributed by atoms with E-state index in [9.17, 15) is 19.8 Å². The smallest absolute Gasteiger partial charge is 0.305 e. The SMILES string of the molecule is CCCCCCC/C=C\CCCCCCCC(=O)OCCCCC/C=C\C/C=C\CCCCCCCCCC(=O)NC(CO)C(O)/C=C/CCCCCCCCCCCCCCC. The largest absolute Gasteiger partial charge is 0.466 e. The van der Waals surface area contributed by atoms with Crippen LogP contribution >= 0.6 is 0 Å². The van der Waals surface area contributed by atoms with Crippen molar-refractivity contribution < 1.29 is 24.5 Å². The molecule has 0 aromatic heterocycles. The highest BCUT2D eigenvalue weighted by Gasteiger charge is 2.18. The molecule has 0 aromatic rings. The zero-order chi connectivity index (χ0) is 45.8. The number of nitrogens with one attached hydrogen (secondary N) is 1. The number of unbranched alkanes of at least 4 members (excludes halogenated alkanes) is 33. The number of rotatable bonds is 50. The molecule has 0 aliphatic heterocycles. The molecule has 0 aromatic carbocycles. The van der Waals surface area contributed by atoms with Crippen molar-refractivity contribution in [3.8, 4) is 0 Å². The minimum atomic E-state index is -0.855. The summed E-state index contributed by atoms with van der Waals surface area (Å²) < 4.78 is 5.44. The third-order valence-corrected chi connectivity index (χ3v) is 12.3. The number of hydrogen-bond acceptors (Lipinski definition) is 5. The van der Waals surface area contributed by atoms with Gasteiger partial charge in [0.25, 0.3) is 0 Å². The summed E-state index contributed by atoms with van der Waals surface area (Å²) in [7, 11) is 0. The Hall–Kier alpha value is -2.18. The molecule has 0 spiro atoms. The van der Waals surface area contributed by atoms with Crippen molar-refractivity contribution in [3.63, 3.8) is 0 Å². The fourth-order valence-electron chi connectivity index (χ4n) is 8.07. The van der Waals surface area contributed by atoms with Gasteiger partial charge in [-0.2, -0.15) is 0 Å². The third kappa shape index (κ3) is 49.1. The van der Waals surface area contributed by atoms with Crippen molar-refractivity contribution in [3.05, 3.63) is 48.6 Å². The molecule has 0 saturated heterocycles. The average Bonchev–Trinajstić information content (AvgIpc) is 3.28. The summed E-state index contributed by atoms with van der Waals surface area (Å²) in [6.07, 6.45) is 65.5. The zero-order valence-corrected chi connectivity index (χ0v) is 41.8. The molecule has 1 amide bonds. The van der Waals surface area contributed by atoms with Gasteiger partial charge in [0.05, 0.1) is 25.4 Å². The Kier molecular flexibility index (Phi) is 50.6. The number of allylic oxidation sites excluding steroid dienone is 7. The van der Waals surface area contributed by atoms with Gasteiger partial charge in [0.1, 0.15) is 0 Å². The molecule has 0 radical (unpaired) electrons. The van der Waals surface area contributed by atoms with Crippen LogP contribution in [0.1, 0.15) is 277 Å². The maximum atomic E-state index is 12.4. The average molecular weight is 884 g/mol. The Balaban J connectivity index is 3.54. The number of hydrogen-bond donors (Lipinski definition) is 3. The summed E-state index contributed by atoms with van der Waals surface area (Å²) >= 11 is 0. The van der Waals surface area contributed by atoms with Crippen LogP contribution in [0.3, 0.4) is 0 Å². The second-order valence-corrected chi connectivity index (χ2v) is 18.5. The lowest BCUT2D eigenvalue weighted by molar-refractivity contribution is -0.143. The number of ether oxygens (including phenoxy) is 1. The van der Waals surface area contributed by atoms with Crippen LogP contribution in [0.2, 0.25) is 0 Å². The van der Waals surface area contributed by atoms with Gasteiger partial charge in [-0.1, -0.05) is 217 Å². The summed E-state index contributed by atoms with van der Waals surface area (Å²) in [5.74, 6) is -0.111. The van der Waals surface area contributed by atoms with Crippen molar-refractivity contribution >= 4 is 11.9 Å². The van der Waals surface area contributed by atoms with Crippen molar-refractivity contribution in [1.29, 1.82) is 0 Å². The van der Waals surface area contributed by atoms with E-state index in [2.05, 4.69) is 55.6 Å². The van der Waals surface area contributed by atoms with Gasteiger partial charge < -0.3 is 20.3 Å². The number of amides is 1. The topological polar surface area (TPSA) is 95.9 Å². The first-order valence-electron chi connectivity index (χ1n) is 27.4. The Morgan fingerprint density at radius 3 is 1.22 bits per heavy atom. The summed E-state index contributed by atoms with van der Waals surface area (Å²) in [5.41, 5.74) is 0. The number of aliphatic hydroxyl groups is 2. The lowest BCUT2D eigenvalue weighted by atomic mass is 10.0. The van der Waals surface area contributed by atoms with Crippen molar-refractivity contribution in [1.82, 2.24) is 5.32 Å². The first-order valence-corrected chi connectivity index (χ1v) is 27.4. The molecular formula is C57H105NO5. The maximum Gasteiger partial charge on any atom is 0.305 e. The molecule has 368 valence electrons. The van der Waals surface area contributed by atoms with Crippen LogP contribution in [0.4, 0.5) is 0 Å². The number of esters is 1. The summed E-state index contributed by atoms with van der Waals surface area (Å²) in [6.45, 7) is 4.84. The molecular weight excluding hydrogens is 779 g/mol.